The van der Waals surface area contributed by atoms with Gasteiger partial charge in [0.25, 0.3) is 5.78 Å². The number of fused-ring (bicyclic) bond motifs is 1. The smallest absolute Gasteiger partial charge is 0.254 e. The van der Waals surface area contributed by atoms with Crippen LogP contribution in [-0.2, 0) is 0 Å². The van der Waals surface area contributed by atoms with Crippen LogP contribution < -0.4 is 9.64 Å². The number of benzene rings is 1. The SMILES string of the molecule is Cc1cc(N2CCC[C@H]2COc2ccccc2)n2nc(C)nc2n1. The molecule has 4 rings (SSSR count). The molecule has 0 saturated carbocycles. The molecule has 3 heterocycles. The predicted octanol–water partition coefficient (Wildman–Crippen LogP) is 2.79. The van der Waals surface area contributed by atoms with E-state index in [0.29, 0.717) is 18.4 Å². The fraction of sp³-hybridized carbons (Fsp3) is 0.389. The van der Waals surface area contributed by atoms with Crippen LogP contribution in [0.2, 0.25) is 0 Å². The van der Waals surface area contributed by atoms with Crippen molar-refractivity contribution >= 4 is 11.6 Å². The second kappa shape index (κ2) is 6.11. The van der Waals surface area contributed by atoms with Gasteiger partial charge in [0.05, 0.1) is 6.04 Å². The molecule has 0 N–H and O–H groups in total. The number of aromatic nitrogens is 4. The monoisotopic (exact) mass is 323 g/mol. The molecule has 1 saturated heterocycles. The van der Waals surface area contributed by atoms with Crippen LogP contribution >= 0.6 is 0 Å². The molecular formula is C18H21N5O. The first-order chi connectivity index (χ1) is 11.7. The van der Waals surface area contributed by atoms with E-state index in [1.807, 2.05) is 48.7 Å². The van der Waals surface area contributed by atoms with E-state index >= 15 is 0 Å². The molecule has 24 heavy (non-hydrogen) atoms. The summed E-state index contributed by atoms with van der Waals surface area (Å²) in [4.78, 5) is 11.3. The summed E-state index contributed by atoms with van der Waals surface area (Å²) in [6.07, 6.45) is 2.27. The molecule has 0 amide bonds. The summed E-state index contributed by atoms with van der Waals surface area (Å²) in [7, 11) is 0. The largest absolute Gasteiger partial charge is 0.491 e. The molecule has 0 unspecified atom stereocenters. The summed E-state index contributed by atoms with van der Waals surface area (Å²) < 4.78 is 7.84. The van der Waals surface area contributed by atoms with E-state index in [1.54, 1.807) is 0 Å². The lowest BCUT2D eigenvalue weighted by Crippen LogP contribution is -2.35. The fourth-order valence-electron chi connectivity index (χ4n) is 3.29. The molecule has 0 bridgehead atoms. The van der Waals surface area contributed by atoms with Crippen molar-refractivity contribution in [2.75, 3.05) is 18.1 Å². The number of hydrogen-bond acceptors (Lipinski definition) is 5. The molecule has 2 aromatic heterocycles. The molecular weight excluding hydrogens is 302 g/mol. The summed E-state index contributed by atoms with van der Waals surface area (Å²) in [6.45, 7) is 5.56. The molecule has 3 aromatic rings. The van der Waals surface area contributed by atoms with Crippen molar-refractivity contribution in [1.29, 1.82) is 0 Å². The van der Waals surface area contributed by atoms with Crippen LogP contribution in [0, 0.1) is 13.8 Å². The Bertz CT molecular complexity index is 845. The van der Waals surface area contributed by atoms with Crippen molar-refractivity contribution < 1.29 is 4.74 Å². The average molecular weight is 323 g/mol. The maximum absolute atomic E-state index is 5.99. The third-order valence-corrected chi connectivity index (χ3v) is 4.38. The molecule has 1 aromatic carbocycles. The van der Waals surface area contributed by atoms with Crippen LogP contribution in [0.25, 0.3) is 5.78 Å². The molecule has 1 aliphatic heterocycles. The topological polar surface area (TPSA) is 55.6 Å². The lowest BCUT2D eigenvalue weighted by molar-refractivity contribution is 0.288. The molecule has 0 radical (unpaired) electrons. The minimum Gasteiger partial charge on any atom is -0.491 e. The van der Waals surface area contributed by atoms with Crippen molar-refractivity contribution in [3.05, 3.63) is 47.9 Å². The van der Waals surface area contributed by atoms with E-state index in [2.05, 4.69) is 26.0 Å². The first-order valence-electron chi connectivity index (χ1n) is 8.36. The lowest BCUT2D eigenvalue weighted by Gasteiger charge is -2.27. The minimum absolute atomic E-state index is 0.333. The molecule has 1 fully saturated rings. The Labute approximate surface area is 141 Å². The predicted molar refractivity (Wildman–Crippen MR) is 92.6 cm³/mol. The highest BCUT2D eigenvalue weighted by Crippen LogP contribution is 2.27. The zero-order chi connectivity index (χ0) is 16.5. The van der Waals surface area contributed by atoms with Crippen LogP contribution in [-0.4, -0.2) is 38.8 Å². The van der Waals surface area contributed by atoms with Gasteiger partial charge in [0, 0.05) is 18.3 Å². The highest BCUT2D eigenvalue weighted by molar-refractivity contribution is 5.49. The molecule has 6 nitrogen and oxygen atoms in total. The summed E-state index contributed by atoms with van der Waals surface area (Å²) >= 11 is 0. The Morgan fingerprint density at radius 2 is 2.00 bits per heavy atom. The van der Waals surface area contributed by atoms with E-state index in [-0.39, 0.29) is 0 Å². The minimum atomic E-state index is 0.333. The molecule has 1 aliphatic rings. The van der Waals surface area contributed by atoms with E-state index in [0.717, 1.165) is 42.5 Å². The molecule has 0 aliphatic carbocycles. The number of nitrogens with zero attached hydrogens (tertiary/aromatic N) is 5. The van der Waals surface area contributed by atoms with E-state index < -0.39 is 0 Å². The van der Waals surface area contributed by atoms with Crippen molar-refractivity contribution in [3.8, 4) is 5.75 Å². The highest BCUT2D eigenvalue weighted by Gasteiger charge is 2.28. The Morgan fingerprint density at radius 3 is 2.83 bits per heavy atom. The van der Waals surface area contributed by atoms with Gasteiger partial charge in [0.2, 0.25) is 0 Å². The lowest BCUT2D eigenvalue weighted by atomic mass is 10.2. The second-order valence-electron chi connectivity index (χ2n) is 6.24. The number of rotatable bonds is 4. The van der Waals surface area contributed by atoms with Crippen LogP contribution in [0.1, 0.15) is 24.4 Å². The van der Waals surface area contributed by atoms with Gasteiger partial charge in [-0.2, -0.15) is 9.50 Å². The van der Waals surface area contributed by atoms with Crippen LogP contribution in [0.3, 0.4) is 0 Å². The van der Waals surface area contributed by atoms with Crippen molar-refractivity contribution in [3.63, 3.8) is 0 Å². The van der Waals surface area contributed by atoms with Crippen LogP contribution in [0.5, 0.6) is 5.75 Å². The number of ether oxygens (including phenoxy) is 1. The van der Waals surface area contributed by atoms with E-state index in [1.165, 1.54) is 0 Å². The van der Waals surface area contributed by atoms with Crippen molar-refractivity contribution in [1.82, 2.24) is 19.6 Å². The molecule has 124 valence electrons. The van der Waals surface area contributed by atoms with Gasteiger partial charge in [-0.1, -0.05) is 18.2 Å². The first kappa shape index (κ1) is 14.9. The summed E-state index contributed by atoms with van der Waals surface area (Å²) in [5.74, 6) is 3.37. The zero-order valence-electron chi connectivity index (χ0n) is 14.0. The molecule has 0 spiro atoms. The first-order valence-corrected chi connectivity index (χ1v) is 8.36. The van der Waals surface area contributed by atoms with Gasteiger partial charge in [-0.05, 0) is 38.8 Å². The van der Waals surface area contributed by atoms with Gasteiger partial charge in [-0.3, -0.25) is 0 Å². The second-order valence-corrected chi connectivity index (χ2v) is 6.24. The zero-order valence-corrected chi connectivity index (χ0v) is 14.0. The van der Waals surface area contributed by atoms with Crippen LogP contribution in [0.15, 0.2) is 36.4 Å². The fourth-order valence-corrected chi connectivity index (χ4v) is 3.29. The molecule has 1 atom stereocenters. The van der Waals surface area contributed by atoms with Gasteiger partial charge < -0.3 is 9.64 Å². The maximum Gasteiger partial charge on any atom is 0.254 e. The summed E-state index contributed by atoms with van der Waals surface area (Å²) in [6, 6.07) is 12.4. The number of aryl methyl sites for hydroxylation is 2. The quantitative estimate of drug-likeness (QED) is 0.739. The Morgan fingerprint density at radius 1 is 1.17 bits per heavy atom. The van der Waals surface area contributed by atoms with Gasteiger partial charge in [-0.15, -0.1) is 5.10 Å². The highest BCUT2D eigenvalue weighted by atomic mass is 16.5. The average Bonchev–Trinajstić information content (AvgIpc) is 3.18. The van der Waals surface area contributed by atoms with E-state index in [4.69, 9.17) is 4.74 Å². The number of anilines is 1. The number of para-hydroxylation sites is 1. The van der Waals surface area contributed by atoms with Gasteiger partial charge in [0.15, 0.2) is 0 Å². The third-order valence-electron chi connectivity index (χ3n) is 4.38. The Kier molecular flexibility index (Phi) is 3.80. The normalized spacial score (nSPS) is 17.6. The number of hydrogen-bond donors (Lipinski definition) is 0. The summed E-state index contributed by atoms with van der Waals surface area (Å²) in [5, 5.41) is 4.51. The Balaban J connectivity index is 1.61. The maximum atomic E-state index is 5.99. The van der Waals surface area contributed by atoms with Crippen molar-refractivity contribution in [2.24, 2.45) is 0 Å². The Hall–Kier alpha value is -2.63. The standard InChI is InChI=1S/C18H21N5O/c1-13-11-17(23-18(19-13)20-14(2)21-23)22-10-6-7-15(22)12-24-16-8-4-3-5-9-16/h3-5,8-9,11,15H,6-7,10,12H2,1-2H3/t15-/m0/s1. The van der Waals surface area contributed by atoms with Gasteiger partial charge >= 0.3 is 0 Å². The van der Waals surface area contributed by atoms with E-state index in [9.17, 15) is 0 Å². The third kappa shape index (κ3) is 2.79. The molecule has 6 heteroatoms. The van der Waals surface area contributed by atoms with Crippen LogP contribution in [0.4, 0.5) is 5.82 Å². The van der Waals surface area contributed by atoms with Gasteiger partial charge in [0.1, 0.15) is 24.0 Å². The summed E-state index contributed by atoms with van der Waals surface area (Å²) in [5.41, 5.74) is 0.958. The van der Waals surface area contributed by atoms with Crippen molar-refractivity contribution in [2.45, 2.75) is 32.7 Å². The van der Waals surface area contributed by atoms with Gasteiger partial charge in [-0.25, -0.2) is 4.98 Å².